The third-order valence-electron chi connectivity index (χ3n) is 3.74. The van der Waals surface area contributed by atoms with Gasteiger partial charge in [-0.1, -0.05) is 41.9 Å². The number of anilines is 1. The molecule has 0 spiro atoms. The molecule has 0 bridgehead atoms. The molecule has 4 rings (SSSR count). The number of rotatable bonds is 3. The number of nitrogens with one attached hydrogen (secondary N) is 1. The van der Waals surface area contributed by atoms with Crippen LogP contribution in [-0.2, 0) is 7.05 Å². The van der Waals surface area contributed by atoms with Crippen LogP contribution in [0.15, 0.2) is 54.9 Å². The molecule has 124 valence electrons. The van der Waals surface area contributed by atoms with E-state index in [4.69, 9.17) is 11.6 Å². The van der Waals surface area contributed by atoms with Crippen molar-refractivity contribution in [1.82, 2.24) is 24.4 Å². The quantitative estimate of drug-likeness (QED) is 0.614. The molecule has 0 radical (unpaired) electrons. The SMILES string of the molecule is Cn1ncc(Cl)c1C(=O)Nc1ccn2nc(-c3ccccc3)nc2c1. The van der Waals surface area contributed by atoms with Crippen molar-refractivity contribution < 1.29 is 4.79 Å². The zero-order chi connectivity index (χ0) is 17.4. The van der Waals surface area contributed by atoms with Gasteiger partial charge in [-0.3, -0.25) is 9.48 Å². The second-order valence-corrected chi connectivity index (χ2v) is 5.85. The lowest BCUT2D eigenvalue weighted by Gasteiger charge is -2.06. The van der Waals surface area contributed by atoms with E-state index in [1.165, 1.54) is 10.9 Å². The summed E-state index contributed by atoms with van der Waals surface area (Å²) in [5, 5.41) is 11.5. The molecule has 0 saturated carbocycles. The molecule has 25 heavy (non-hydrogen) atoms. The van der Waals surface area contributed by atoms with Crippen molar-refractivity contribution in [2.24, 2.45) is 7.05 Å². The van der Waals surface area contributed by atoms with Crippen LogP contribution in [0.2, 0.25) is 5.02 Å². The highest BCUT2D eigenvalue weighted by Gasteiger charge is 2.16. The van der Waals surface area contributed by atoms with Crippen molar-refractivity contribution in [3.05, 3.63) is 65.6 Å². The number of pyridine rings is 1. The van der Waals surface area contributed by atoms with Crippen LogP contribution in [-0.4, -0.2) is 30.3 Å². The first-order valence-corrected chi connectivity index (χ1v) is 7.90. The second-order valence-electron chi connectivity index (χ2n) is 5.44. The molecule has 0 fully saturated rings. The molecular formula is C17H13ClN6O. The average molecular weight is 353 g/mol. The minimum absolute atomic E-state index is 0.299. The van der Waals surface area contributed by atoms with E-state index >= 15 is 0 Å². The number of nitrogens with zero attached hydrogens (tertiary/aromatic N) is 5. The minimum Gasteiger partial charge on any atom is -0.320 e. The van der Waals surface area contributed by atoms with Gasteiger partial charge in [0.05, 0.1) is 11.2 Å². The molecule has 0 saturated heterocycles. The molecule has 0 aliphatic rings. The van der Waals surface area contributed by atoms with E-state index < -0.39 is 0 Å². The highest BCUT2D eigenvalue weighted by Crippen LogP contribution is 2.19. The summed E-state index contributed by atoms with van der Waals surface area (Å²) in [5.74, 6) is 0.288. The Balaban J connectivity index is 1.64. The summed E-state index contributed by atoms with van der Waals surface area (Å²) in [7, 11) is 1.66. The third kappa shape index (κ3) is 2.85. The molecule has 8 heteroatoms. The predicted molar refractivity (Wildman–Crippen MR) is 94.6 cm³/mol. The molecular weight excluding hydrogens is 340 g/mol. The van der Waals surface area contributed by atoms with Gasteiger partial charge in [0, 0.05) is 30.6 Å². The van der Waals surface area contributed by atoms with Crippen molar-refractivity contribution in [2.45, 2.75) is 0 Å². The molecule has 7 nitrogen and oxygen atoms in total. The lowest BCUT2D eigenvalue weighted by atomic mass is 10.2. The number of fused-ring (bicyclic) bond motifs is 1. The van der Waals surface area contributed by atoms with Crippen molar-refractivity contribution >= 4 is 28.8 Å². The van der Waals surface area contributed by atoms with Gasteiger partial charge < -0.3 is 5.32 Å². The Morgan fingerprint density at radius 1 is 1.20 bits per heavy atom. The van der Waals surface area contributed by atoms with E-state index in [1.807, 2.05) is 30.3 Å². The van der Waals surface area contributed by atoms with Crippen LogP contribution in [0.1, 0.15) is 10.5 Å². The summed E-state index contributed by atoms with van der Waals surface area (Å²) < 4.78 is 3.09. The van der Waals surface area contributed by atoms with Gasteiger partial charge in [-0.25, -0.2) is 9.50 Å². The fraction of sp³-hybridized carbons (Fsp3) is 0.0588. The number of benzene rings is 1. The van der Waals surface area contributed by atoms with Gasteiger partial charge in [-0.05, 0) is 6.07 Å². The number of carbonyl (C=O) groups is 1. The summed E-state index contributed by atoms with van der Waals surface area (Å²) in [4.78, 5) is 16.9. The molecule has 1 N–H and O–H groups in total. The van der Waals surface area contributed by atoms with E-state index in [9.17, 15) is 4.79 Å². The van der Waals surface area contributed by atoms with Crippen LogP contribution in [0.4, 0.5) is 5.69 Å². The van der Waals surface area contributed by atoms with Crippen molar-refractivity contribution in [3.63, 3.8) is 0 Å². The molecule has 0 unspecified atom stereocenters. The third-order valence-corrected chi connectivity index (χ3v) is 4.01. The van der Waals surface area contributed by atoms with E-state index in [2.05, 4.69) is 20.5 Å². The average Bonchev–Trinajstić information content (AvgIpc) is 3.18. The maximum atomic E-state index is 12.4. The Morgan fingerprint density at radius 3 is 2.72 bits per heavy atom. The summed E-state index contributed by atoms with van der Waals surface area (Å²) in [6.07, 6.45) is 3.18. The van der Waals surface area contributed by atoms with Crippen molar-refractivity contribution in [1.29, 1.82) is 0 Å². The molecule has 4 aromatic rings. The van der Waals surface area contributed by atoms with Crippen LogP contribution < -0.4 is 5.32 Å². The van der Waals surface area contributed by atoms with Gasteiger partial charge in [-0.2, -0.15) is 5.10 Å². The maximum absolute atomic E-state index is 12.4. The first-order valence-electron chi connectivity index (χ1n) is 7.52. The highest BCUT2D eigenvalue weighted by molar-refractivity contribution is 6.34. The van der Waals surface area contributed by atoms with Gasteiger partial charge in [0.25, 0.3) is 5.91 Å². The van der Waals surface area contributed by atoms with Crippen LogP contribution in [0.5, 0.6) is 0 Å². The van der Waals surface area contributed by atoms with Crippen LogP contribution >= 0.6 is 11.6 Å². The largest absolute Gasteiger partial charge is 0.320 e. The van der Waals surface area contributed by atoms with Crippen LogP contribution in [0.25, 0.3) is 17.0 Å². The predicted octanol–water partition coefficient (Wildman–Crippen LogP) is 3.04. The minimum atomic E-state index is -0.336. The zero-order valence-electron chi connectivity index (χ0n) is 13.2. The van der Waals surface area contributed by atoms with Crippen molar-refractivity contribution in [2.75, 3.05) is 5.32 Å². The fourth-order valence-corrected chi connectivity index (χ4v) is 2.78. The van der Waals surface area contributed by atoms with Gasteiger partial charge in [0.1, 0.15) is 5.69 Å². The Kier molecular flexibility index (Phi) is 3.70. The Morgan fingerprint density at radius 2 is 2.00 bits per heavy atom. The molecule has 0 aliphatic heterocycles. The summed E-state index contributed by atoms with van der Waals surface area (Å²) in [6.45, 7) is 0. The highest BCUT2D eigenvalue weighted by atomic mass is 35.5. The number of carbonyl (C=O) groups excluding carboxylic acids is 1. The lowest BCUT2D eigenvalue weighted by Crippen LogP contribution is -2.16. The Bertz CT molecular complexity index is 1050. The number of aryl methyl sites for hydroxylation is 1. The zero-order valence-corrected chi connectivity index (χ0v) is 14.0. The van der Waals surface area contributed by atoms with Gasteiger partial charge in [-0.15, -0.1) is 5.10 Å². The first kappa shape index (κ1) is 15.3. The monoisotopic (exact) mass is 352 g/mol. The number of halogens is 1. The molecule has 3 heterocycles. The van der Waals surface area contributed by atoms with Crippen LogP contribution in [0.3, 0.4) is 0 Å². The molecule has 1 amide bonds. The smallest absolute Gasteiger partial charge is 0.275 e. The summed E-state index contributed by atoms with van der Waals surface area (Å²) in [6, 6.07) is 13.2. The Hall–Kier alpha value is -3.19. The molecule has 0 atom stereocenters. The standard InChI is InChI=1S/C17H13ClN6O/c1-23-15(13(18)10-19-23)17(25)20-12-7-8-24-14(9-12)21-16(22-24)11-5-3-2-4-6-11/h2-10H,1H3,(H,20,25). The van der Waals surface area contributed by atoms with Gasteiger partial charge in [0.15, 0.2) is 11.5 Å². The van der Waals surface area contributed by atoms with Crippen LogP contribution in [0, 0.1) is 0 Å². The van der Waals surface area contributed by atoms with Gasteiger partial charge >= 0.3 is 0 Å². The van der Waals surface area contributed by atoms with E-state index in [-0.39, 0.29) is 5.91 Å². The molecule has 3 aromatic heterocycles. The van der Waals surface area contributed by atoms with E-state index in [0.29, 0.717) is 27.9 Å². The number of amides is 1. The summed E-state index contributed by atoms with van der Waals surface area (Å²) in [5.41, 5.74) is 2.46. The first-order chi connectivity index (χ1) is 12.1. The maximum Gasteiger partial charge on any atom is 0.275 e. The number of hydrogen-bond acceptors (Lipinski definition) is 4. The summed E-state index contributed by atoms with van der Waals surface area (Å²) >= 11 is 6.00. The number of hydrogen-bond donors (Lipinski definition) is 1. The number of aromatic nitrogens is 5. The van der Waals surface area contributed by atoms with E-state index in [1.54, 1.807) is 29.9 Å². The topological polar surface area (TPSA) is 77.1 Å². The Labute approximate surface area is 147 Å². The van der Waals surface area contributed by atoms with Gasteiger partial charge in [0.2, 0.25) is 0 Å². The fourth-order valence-electron chi connectivity index (χ4n) is 2.53. The normalized spacial score (nSPS) is 11.0. The van der Waals surface area contributed by atoms with E-state index in [0.717, 1.165) is 5.56 Å². The molecule has 0 aliphatic carbocycles. The second kappa shape index (κ2) is 6.03. The van der Waals surface area contributed by atoms with Crippen molar-refractivity contribution in [3.8, 4) is 11.4 Å². The molecule has 1 aromatic carbocycles. The lowest BCUT2D eigenvalue weighted by molar-refractivity contribution is 0.101.